The fraction of sp³-hybridized carbons (Fsp3) is 0.643. The highest BCUT2D eigenvalue weighted by atomic mass is 16.6. The van der Waals surface area contributed by atoms with E-state index < -0.39 is 5.60 Å². The fourth-order valence-electron chi connectivity index (χ4n) is 2.19. The Morgan fingerprint density at radius 3 is 2.50 bits per heavy atom. The minimum absolute atomic E-state index is 0.165. The van der Waals surface area contributed by atoms with Gasteiger partial charge >= 0.3 is 6.09 Å². The lowest BCUT2D eigenvalue weighted by Gasteiger charge is -2.40. The monoisotopic (exact) mass is 278 g/mol. The van der Waals surface area contributed by atoms with Crippen LogP contribution in [-0.4, -0.2) is 52.2 Å². The van der Waals surface area contributed by atoms with Crippen LogP contribution in [0.15, 0.2) is 18.5 Å². The van der Waals surface area contributed by atoms with Crippen molar-refractivity contribution in [3.8, 4) is 0 Å². The van der Waals surface area contributed by atoms with E-state index in [1.165, 1.54) is 0 Å². The summed E-state index contributed by atoms with van der Waals surface area (Å²) in [7, 11) is 0. The van der Waals surface area contributed by atoms with E-state index in [0.717, 1.165) is 0 Å². The molecule has 6 heteroatoms. The lowest BCUT2D eigenvalue weighted by molar-refractivity contribution is 0.0218. The highest BCUT2D eigenvalue weighted by Gasteiger charge is 2.30. The molecule has 0 aliphatic carbocycles. The van der Waals surface area contributed by atoms with Crippen LogP contribution in [0.5, 0.6) is 0 Å². The lowest BCUT2D eigenvalue weighted by Crippen LogP contribution is -2.55. The molecule has 1 fully saturated rings. The first-order valence-electron chi connectivity index (χ1n) is 6.88. The van der Waals surface area contributed by atoms with Crippen LogP contribution >= 0.6 is 0 Å². The number of ether oxygens (including phenoxy) is 1. The van der Waals surface area contributed by atoms with Crippen LogP contribution in [0.4, 0.5) is 10.7 Å². The number of hydrogen-bond donors (Lipinski definition) is 0. The van der Waals surface area contributed by atoms with Gasteiger partial charge in [0.2, 0.25) is 5.95 Å². The van der Waals surface area contributed by atoms with E-state index in [2.05, 4.69) is 21.8 Å². The summed E-state index contributed by atoms with van der Waals surface area (Å²) in [6.45, 7) is 9.65. The number of amides is 1. The molecular formula is C14H22N4O2. The molecule has 1 amide bonds. The van der Waals surface area contributed by atoms with Crippen molar-refractivity contribution in [2.75, 3.05) is 24.5 Å². The third kappa shape index (κ3) is 3.59. The minimum Gasteiger partial charge on any atom is -0.444 e. The maximum Gasteiger partial charge on any atom is 0.410 e. The first-order valence-corrected chi connectivity index (χ1v) is 6.88. The van der Waals surface area contributed by atoms with E-state index in [0.29, 0.717) is 25.6 Å². The molecule has 6 nitrogen and oxygen atoms in total. The third-order valence-corrected chi connectivity index (χ3v) is 3.09. The fourth-order valence-corrected chi connectivity index (χ4v) is 2.19. The Kier molecular flexibility index (Phi) is 4.11. The number of aromatic nitrogens is 2. The van der Waals surface area contributed by atoms with Gasteiger partial charge in [0.25, 0.3) is 0 Å². The molecule has 0 spiro atoms. The van der Waals surface area contributed by atoms with Crippen LogP contribution in [0.1, 0.15) is 27.7 Å². The summed E-state index contributed by atoms with van der Waals surface area (Å²) in [6.07, 6.45) is 3.21. The van der Waals surface area contributed by atoms with Gasteiger partial charge in [-0.2, -0.15) is 0 Å². The van der Waals surface area contributed by atoms with Crippen molar-refractivity contribution in [3.05, 3.63) is 18.5 Å². The van der Waals surface area contributed by atoms with Crippen molar-refractivity contribution in [2.45, 2.75) is 39.3 Å². The Bertz CT molecular complexity index is 458. The maximum absolute atomic E-state index is 12.1. The van der Waals surface area contributed by atoms with Gasteiger partial charge in [0.05, 0.1) is 0 Å². The predicted octanol–water partition coefficient (Wildman–Crippen LogP) is 1.92. The molecule has 1 aromatic heterocycles. The molecule has 0 N–H and O–H groups in total. The summed E-state index contributed by atoms with van der Waals surface area (Å²) in [5, 5.41) is 0. The highest BCUT2D eigenvalue weighted by Crippen LogP contribution is 2.17. The standard InChI is InChI=1S/C14H22N4O2/c1-11-10-17(13(19)20-14(2,3)4)8-9-18(11)12-15-6-5-7-16-12/h5-7,11H,8-10H2,1-4H3/t11-/m1/s1. The number of carbonyl (C=O) groups is 1. The molecule has 0 unspecified atom stereocenters. The smallest absolute Gasteiger partial charge is 0.410 e. The lowest BCUT2D eigenvalue weighted by atomic mass is 10.2. The molecule has 2 heterocycles. The van der Waals surface area contributed by atoms with E-state index in [9.17, 15) is 4.79 Å². The number of rotatable bonds is 1. The SMILES string of the molecule is C[C@@H]1CN(C(=O)OC(C)(C)C)CCN1c1ncccn1. The molecular weight excluding hydrogens is 256 g/mol. The van der Waals surface area contributed by atoms with E-state index >= 15 is 0 Å². The molecule has 1 aromatic rings. The number of nitrogens with zero attached hydrogens (tertiary/aromatic N) is 4. The molecule has 0 aromatic carbocycles. The Morgan fingerprint density at radius 2 is 1.95 bits per heavy atom. The van der Waals surface area contributed by atoms with Gasteiger partial charge < -0.3 is 14.5 Å². The minimum atomic E-state index is -0.458. The van der Waals surface area contributed by atoms with Crippen molar-refractivity contribution < 1.29 is 9.53 Å². The summed E-state index contributed by atoms with van der Waals surface area (Å²) >= 11 is 0. The van der Waals surface area contributed by atoms with Gasteiger partial charge in [-0.15, -0.1) is 0 Å². The van der Waals surface area contributed by atoms with Crippen molar-refractivity contribution >= 4 is 12.0 Å². The van der Waals surface area contributed by atoms with Gasteiger partial charge in [-0.05, 0) is 33.8 Å². The molecule has 0 radical (unpaired) electrons. The summed E-state index contributed by atoms with van der Waals surface area (Å²) in [5.74, 6) is 0.712. The van der Waals surface area contributed by atoms with E-state index in [1.54, 1.807) is 23.4 Å². The van der Waals surface area contributed by atoms with Gasteiger partial charge in [0.15, 0.2) is 0 Å². The second-order valence-electron chi connectivity index (χ2n) is 6.02. The average Bonchev–Trinajstić information content (AvgIpc) is 2.37. The summed E-state index contributed by atoms with van der Waals surface area (Å²) in [4.78, 5) is 24.4. The Morgan fingerprint density at radius 1 is 1.30 bits per heavy atom. The molecule has 0 saturated carbocycles. The Balaban J connectivity index is 1.97. The van der Waals surface area contributed by atoms with Crippen molar-refractivity contribution in [1.82, 2.24) is 14.9 Å². The van der Waals surface area contributed by atoms with Gasteiger partial charge in [-0.3, -0.25) is 0 Å². The molecule has 20 heavy (non-hydrogen) atoms. The second-order valence-corrected chi connectivity index (χ2v) is 6.02. The zero-order valence-corrected chi connectivity index (χ0v) is 12.5. The second kappa shape index (κ2) is 5.64. The molecule has 1 atom stereocenters. The number of carbonyl (C=O) groups excluding carboxylic acids is 1. The van der Waals surface area contributed by atoms with Crippen LogP contribution in [-0.2, 0) is 4.74 Å². The molecule has 1 aliphatic heterocycles. The largest absolute Gasteiger partial charge is 0.444 e. The van der Waals surface area contributed by atoms with Crippen LogP contribution in [0, 0.1) is 0 Å². The average molecular weight is 278 g/mol. The van der Waals surface area contributed by atoms with Gasteiger partial charge in [-0.1, -0.05) is 0 Å². The maximum atomic E-state index is 12.1. The van der Waals surface area contributed by atoms with Crippen LogP contribution in [0.25, 0.3) is 0 Å². The first kappa shape index (κ1) is 14.6. The highest BCUT2D eigenvalue weighted by molar-refractivity contribution is 5.68. The van der Waals surface area contributed by atoms with Crippen LogP contribution < -0.4 is 4.90 Å². The molecule has 2 rings (SSSR count). The Hall–Kier alpha value is -1.85. The normalized spacial score (nSPS) is 19.9. The van der Waals surface area contributed by atoms with Gasteiger partial charge in [0, 0.05) is 38.1 Å². The number of hydrogen-bond acceptors (Lipinski definition) is 5. The van der Waals surface area contributed by atoms with Gasteiger partial charge in [-0.25, -0.2) is 14.8 Å². The van der Waals surface area contributed by atoms with Crippen molar-refractivity contribution in [2.24, 2.45) is 0 Å². The van der Waals surface area contributed by atoms with Crippen molar-refractivity contribution in [3.63, 3.8) is 0 Å². The quantitative estimate of drug-likeness (QED) is 0.785. The molecule has 1 saturated heterocycles. The zero-order valence-electron chi connectivity index (χ0n) is 12.5. The summed E-state index contributed by atoms with van der Waals surface area (Å²) in [5.41, 5.74) is -0.458. The Labute approximate surface area is 119 Å². The zero-order chi connectivity index (χ0) is 14.8. The topological polar surface area (TPSA) is 58.6 Å². The molecule has 0 bridgehead atoms. The summed E-state index contributed by atoms with van der Waals surface area (Å²) in [6, 6.07) is 1.96. The summed E-state index contributed by atoms with van der Waals surface area (Å²) < 4.78 is 5.40. The molecule has 1 aliphatic rings. The van der Waals surface area contributed by atoms with Crippen molar-refractivity contribution in [1.29, 1.82) is 0 Å². The third-order valence-electron chi connectivity index (χ3n) is 3.09. The number of anilines is 1. The first-order chi connectivity index (χ1) is 9.37. The van der Waals surface area contributed by atoms with Crippen LogP contribution in [0.3, 0.4) is 0 Å². The molecule has 110 valence electrons. The van der Waals surface area contributed by atoms with Gasteiger partial charge in [0.1, 0.15) is 5.60 Å². The van der Waals surface area contributed by atoms with Crippen LogP contribution in [0.2, 0.25) is 0 Å². The van der Waals surface area contributed by atoms with E-state index in [4.69, 9.17) is 4.74 Å². The van der Waals surface area contributed by atoms with E-state index in [-0.39, 0.29) is 12.1 Å². The number of piperazine rings is 1. The van der Waals surface area contributed by atoms with E-state index in [1.807, 2.05) is 20.8 Å². The predicted molar refractivity (Wildman–Crippen MR) is 76.6 cm³/mol.